The fourth-order valence-corrected chi connectivity index (χ4v) is 3.79. The lowest BCUT2D eigenvalue weighted by atomic mass is 9.96. The highest BCUT2D eigenvalue weighted by molar-refractivity contribution is 7.90. The Morgan fingerprint density at radius 1 is 1.39 bits per heavy atom. The monoisotopic (exact) mass is 268 g/mol. The number of nitrogens with one attached hydrogen (secondary N) is 1. The Balaban J connectivity index is 2.34. The van der Waals surface area contributed by atoms with Crippen LogP contribution in [0, 0.1) is 5.92 Å². The average molecular weight is 268 g/mol. The second-order valence-corrected chi connectivity index (χ2v) is 6.55. The fraction of sp³-hybridized carbons (Fsp3) is 0.538. The molecule has 18 heavy (non-hydrogen) atoms. The second-order valence-electron chi connectivity index (χ2n) is 4.87. The van der Waals surface area contributed by atoms with Crippen LogP contribution in [-0.2, 0) is 16.6 Å². The summed E-state index contributed by atoms with van der Waals surface area (Å²) < 4.78 is 28.7. The van der Waals surface area contributed by atoms with Crippen LogP contribution in [0.4, 0.5) is 5.69 Å². The number of fused-ring (bicyclic) bond motifs is 1. The second kappa shape index (κ2) is 5.28. The summed E-state index contributed by atoms with van der Waals surface area (Å²) in [5, 5.41) is 0. The van der Waals surface area contributed by atoms with Crippen LogP contribution in [0.3, 0.4) is 0 Å². The largest absolute Gasteiger partial charge is 0.301 e. The highest BCUT2D eigenvalue weighted by Crippen LogP contribution is 2.30. The number of para-hydroxylation sites is 1. The van der Waals surface area contributed by atoms with Gasteiger partial charge < -0.3 is 0 Å². The maximum Gasteiger partial charge on any atom is 0.301 e. The van der Waals surface area contributed by atoms with Gasteiger partial charge in [-0.3, -0.25) is 4.31 Å². The van der Waals surface area contributed by atoms with E-state index in [0.29, 0.717) is 19.0 Å². The van der Waals surface area contributed by atoms with Crippen molar-refractivity contribution in [2.75, 3.05) is 17.4 Å². The Morgan fingerprint density at radius 3 is 2.83 bits per heavy atom. The van der Waals surface area contributed by atoms with Crippen LogP contribution in [0.15, 0.2) is 24.3 Å². The van der Waals surface area contributed by atoms with Crippen LogP contribution in [0.2, 0.25) is 0 Å². The third kappa shape index (κ3) is 2.67. The molecule has 2 rings (SSSR count). The van der Waals surface area contributed by atoms with Crippen molar-refractivity contribution in [3.8, 4) is 0 Å². The summed E-state index contributed by atoms with van der Waals surface area (Å²) in [7, 11) is -3.41. The van der Waals surface area contributed by atoms with Crippen LogP contribution in [0.25, 0.3) is 0 Å². The normalized spacial score (nSPS) is 19.7. The standard InChI is InChI=1S/C13H20N2O2S/c1-3-8-14-18(16,17)15-10-11(2)9-12-6-4-5-7-13(12)15/h4-7,11,14H,3,8-10H2,1-2H3. The Hall–Kier alpha value is -1.07. The van der Waals surface area contributed by atoms with Gasteiger partial charge in [-0.1, -0.05) is 32.0 Å². The van der Waals surface area contributed by atoms with E-state index in [-0.39, 0.29) is 0 Å². The molecule has 1 aromatic carbocycles. The SMILES string of the molecule is CCCNS(=O)(=O)N1CC(C)Cc2ccccc21. The molecular weight excluding hydrogens is 248 g/mol. The highest BCUT2D eigenvalue weighted by Gasteiger charge is 2.29. The lowest BCUT2D eigenvalue weighted by molar-refractivity contribution is 0.536. The maximum atomic E-state index is 12.3. The third-order valence-electron chi connectivity index (χ3n) is 3.13. The number of rotatable bonds is 4. The van der Waals surface area contributed by atoms with Gasteiger partial charge in [0.05, 0.1) is 5.69 Å². The summed E-state index contributed by atoms with van der Waals surface area (Å²) in [6, 6.07) is 7.73. The topological polar surface area (TPSA) is 49.4 Å². The molecule has 1 aliphatic heterocycles. The number of hydrogen-bond acceptors (Lipinski definition) is 2. The first-order valence-corrected chi connectivity index (χ1v) is 7.84. The van der Waals surface area contributed by atoms with E-state index in [1.54, 1.807) is 0 Å². The third-order valence-corrected chi connectivity index (χ3v) is 4.63. The molecule has 0 saturated heterocycles. The smallest absolute Gasteiger partial charge is 0.257 e. The zero-order chi connectivity index (χ0) is 13.2. The van der Waals surface area contributed by atoms with Gasteiger partial charge in [0.25, 0.3) is 0 Å². The molecule has 4 nitrogen and oxygen atoms in total. The fourth-order valence-electron chi connectivity index (χ4n) is 2.28. The molecule has 1 unspecified atom stereocenters. The molecular formula is C13H20N2O2S. The van der Waals surface area contributed by atoms with Gasteiger partial charge in [0, 0.05) is 13.1 Å². The molecule has 1 atom stereocenters. The summed E-state index contributed by atoms with van der Waals surface area (Å²) in [6.45, 7) is 5.07. The Kier molecular flexibility index (Phi) is 3.92. The van der Waals surface area contributed by atoms with E-state index < -0.39 is 10.2 Å². The van der Waals surface area contributed by atoms with Crippen molar-refractivity contribution in [3.05, 3.63) is 29.8 Å². The number of anilines is 1. The van der Waals surface area contributed by atoms with Gasteiger partial charge in [0.15, 0.2) is 0 Å². The molecule has 1 N–H and O–H groups in total. The van der Waals surface area contributed by atoms with Gasteiger partial charge in [-0.15, -0.1) is 0 Å². The Labute approximate surface area is 109 Å². The van der Waals surface area contributed by atoms with Crippen molar-refractivity contribution in [3.63, 3.8) is 0 Å². The molecule has 0 aliphatic carbocycles. The van der Waals surface area contributed by atoms with Crippen LogP contribution in [0.5, 0.6) is 0 Å². The van der Waals surface area contributed by atoms with Crippen molar-refractivity contribution in [1.82, 2.24) is 4.72 Å². The molecule has 5 heteroatoms. The molecule has 0 saturated carbocycles. The number of benzene rings is 1. The first-order valence-electron chi connectivity index (χ1n) is 6.40. The van der Waals surface area contributed by atoms with E-state index in [0.717, 1.165) is 24.1 Å². The van der Waals surface area contributed by atoms with Crippen molar-refractivity contribution < 1.29 is 8.42 Å². The van der Waals surface area contributed by atoms with Crippen LogP contribution >= 0.6 is 0 Å². The molecule has 0 aromatic heterocycles. The molecule has 0 spiro atoms. The minimum atomic E-state index is -3.41. The molecule has 1 heterocycles. The summed E-state index contributed by atoms with van der Waals surface area (Å²) in [4.78, 5) is 0. The molecule has 0 fully saturated rings. The van der Waals surface area contributed by atoms with Crippen molar-refractivity contribution >= 4 is 15.9 Å². The zero-order valence-corrected chi connectivity index (χ0v) is 11.7. The van der Waals surface area contributed by atoms with Gasteiger partial charge >= 0.3 is 10.2 Å². The lowest BCUT2D eigenvalue weighted by Gasteiger charge is -2.33. The van der Waals surface area contributed by atoms with E-state index >= 15 is 0 Å². The predicted molar refractivity (Wildman–Crippen MR) is 73.9 cm³/mol. The molecule has 100 valence electrons. The van der Waals surface area contributed by atoms with Crippen molar-refractivity contribution in [1.29, 1.82) is 0 Å². The zero-order valence-electron chi connectivity index (χ0n) is 10.9. The minimum absolute atomic E-state index is 0.345. The summed E-state index contributed by atoms with van der Waals surface area (Å²) in [6.07, 6.45) is 1.74. The van der Waals surface area contributed by atoms with E-state index in [1.807, 2.05) is 31.2 Å². The Morgan fingerprint density at radius 2 is 2.11 bits per heavy atom. The number of nitrogens with zero attached hydrogens (tertiary/aromatic N) is 1. The maximum absolute atomic E-state index is 12.3. The first kappa shape index (κ1) is 13.4. The quantitative estimate of drug-likeness (QED) is 0.907. The van der Waals surface area contributed by atoms with E-state index in [4.69, 9.17) is 0 Å². The van der Waals surface area contributed by atoms with Gasteiger partial charge in [0.2, 0.25) is 0 Å². The summed E-state index contributed by atoms with van der Waals surface area (Å²) >= 11 is 0. The average Bonchev–Trinajstić information content (AvgIpc) is 2.35. The molecule has 0 bridgehead atoms. The van der Waals surface area contributed by atoms with Gasteiger partial charge in [-0.05, 0) is 30.4 Å². The van der Waals surface area contributed by atoms with E-state index in [1.165, 1.54) is 4.31 Å². The molecule has 0 radical (unpaired) electrons. The minimum Gasteiger partial charge on any atom is -0.257 e. The lowest BCUT2D eigenvalue weighted by Crippen LogP contribution is -2.45. The molecule has 1 aliphatic rings. The van der Waals surface area contributed by atoms with E-state index in [9.17, 15) is 8.42 Å². The van der Waals surface area contributed by atoms with Gasteiger partial charge in [-0.25, -0.2) is 0 Å². The van der Waals surface area contributed by atoms with E-state index in [2.05, 4.69) is 11.6 Å². The first-order chi connectivity index (χ1) is 8.54. The van der Waals surface area contributed by atoms with Gasteiger partial charge in [0.1, 0.15) is 0 Å². The molecule has 1 aromatic rings. The van der Waals surface area contributed by atoms with Crippen LogP contribution in [0.1, 0.15) is 25.8 Å². The van der Waals surface area contributed by atoms with Gasteiger partial charge in [-0.2, -0.15) is 13.1 Å². The summed E-state index contributed by atoms with van der Waals surface area (Å²) in [5.41, 5.74) is 1.93. The number of hydrogen-bond donors (Lipinski definition) is 1. The highest BCUT2D eigenvalue weighted by atomic mass is 32.2. The predicted octanol–water partition coefficient (Wildman–Crippen LogP) is 1.93. The van der Waals surface area contributed by atoms with Crippen LogP contribution in [-0.4, -0.2) is 21.5 Å². The van der Waals surface area contributed by atoms with Crippen LogP contribution < -0.4 is 9.03 Å². The molecule has 0 amide bonds. The Bertz CT molecular complexity index is 513. The van der Waals surface area contributed by atoms with Crippen molar-refractivity contribution in [2.24, 2.45) is 5.92 Å². The summed E-state index contributed by atoms with van der Waals surface area (Å²) in [5.74, 6) is 0.345. The van der Waals surface area contributed by atoms with Crippen molar-refractivity contribution in [2.45, 2.75) is 26.7 Å².